The first-order chi connectivity index (χ1) is 25.2. The predicted molar refractivity (Wildman–Crippen MR) is 228 cm³/mol. The van der Waals surface area contributed by atoms with Gasteiger partial charge in [0, 0.05) is 0 Å². The summed E-state index contributed by atoms with van der Waals surface area (Å²) in [5.41, 5.74) is 13.2. The highest BCUT2D eigenvalue weighted by Crippen LogP contribution is 2.49. The summed E-state index contributed by atoms with van der Waals surface area (Å²) in [4.78, 5) is 0. The highest BCUT2D eigenvalue weighted by atomic mass is 14.2. The third-order valence-corrected chi connectivity index (χ3v) is 12.3. The summed E-state index contributed by atoms with van der Waals surface area (Å²) >= 11 is 0. The average Bonchev–Trinajstić information content (AvgIpc) is 3.60. The third-order valence-electron chi connectivity index (χ3n) is 12.3. The van der Waals surface area contributed by atoms with Gasteiger partial charge in [-0.1, -0.05) is 97.1 Å². The van der Waals surface area contributed by atoms with Crippen molar-refractivity contribution in [3.63, 3.8) is 0 Å². The maximum atomic E-state index is 2.51. The normalized spacial score (nSPS) is 12.4. The van der Waals surface area contributed by atoms with Crippen molar-refractivity contribution in [1.82, 2.24) is 0 Å². The van der Waals surface area contributed by atoms with Gasteiger partial charge in [-0.25, -0.2) is 0 Å². The van der Waals surface area contributed by atoms with E-state index in [9.17, 15) is 0 Å². The van der Waals surface area contributed by atoms with Gasteiger partial charge >= 0.3 is 0 Å². The van der Waals surface area contributed by atoms with Gasteiger partial charge in [0.1, 0.15) is 0 Å². The second-order valence-corrected chi connectivity index (χ2v) is 15.6. The van der Waals surface area contributed by atoms with Crippen molar-refractivity contribution in [2.75, 3.05) is 0 Å². The minimum atomic E-state index is 1.30. The van der Waals surface area contributed by atoms with Crippen LogP contribution in [0.5, 0.6) is 0 Å². The van der Waals surface area contributed by atoms with Crippen LogP contribution in [0.1, 0.15) is 33.4 Å². The van der Waals surface area contributed by atoms with Gasteiger partial charge in [0.05, 0.1) is 0 Å². The number of fused-ring (bicyclic) bond motifs is 11. The summed E-state index contributed by atoms with van der Waals surface area (Å²) in [5, 5.41) is 21.6. The fraction of sp³-hybridized carbons (Fsp3) is 0.115. The lowest BCUT2D eigenvalue weighted by Gasteiger charge is -2.13. The Hall–Kier alpha value is -5.98. The van der Waals surface area contributed by atoms with Gasteiger partial charge < -0.3 is 0 Å². The van der Waals surface area contributed by atoms with E-state index in [2.05, 4.69) is 163 Å². The quantitative estimate of drug-likeness (QED) is 0.162. The molecule has 0 heteroatoms. The van der Waals surface area contributed by atoms with Crippen LogP contribution in [-0.4, -0.2) is 0 Å². The van der Waals surface area contributed by atoms with E-state index >= 15 is 0 Å². The summed E-state index contributed by atoms with van der Waals surface area (Å²) in [7, 11) is 0. The van der Waals surface area contributed by atoms with Crippen LogP contribution in [0.25, 0.3) is 108 Å². The van der Waals surface area contributed by atoms with E-state index in [1.54, 1.807) is 0 Å². The Labute approximate surface area is 303 Å². The van der Waals surface area contributed by atoms with Crippen molar-refractivity contribution in [2.24, 2.45) is 0 Å². The summed E-state index contributed by atoms with van der Waals surface area (Å²) in [6, 6.07) is 47.1. The molecule has 0 unspecified atom stereocenters. The van der Waals surface area contributed by atoms with Gasteiger partial charge in [-0.2, -0.15) is 0 Å². The number of benzene rings is 9. The lowest BCUT2D eigenvalue weighted by Crippen LogP contribution is -1.87. The first-order valence-corrected chi connectivity index (χ1v) is 18.6. The second kappa shape index (κ2) is 10.3. The van der Waals surface area contributed by atoms with Crippen LogP contribution < -0.4 is 0 Å². The first-order valence-electron chi connectivity index (χ1n) is 18.6. The van der Waals surface area contributed by atoms with Crippen molar-refractivity contribution < 1.29 is 0 Å². The van der Waals surface area contributed by atoms with Crippen LogP contribution in [0.3, 0.4) is 0 Å². The number of hydrogen-bond acceptors (Lipinski definition) is 0. The maximum Gasteiger partial charge on any atom is -0.00197 e. The Morgan fingerprint density at radius 3 is 0.904 bits per heavy atom. The number of rotatable bonds is 2. The smallest absolute Gasteiger partial charge is 0.00197 e. The predicted octanol–water partition coefficient (Wildman–Crippen LogP) is 15.0. The lowest BCUT2D eigenvalue weighted by atomic mass is 9.90. The van der Waals surface area contributed by atoms with Crippen LogP contribution >= 0.6 is 0 Å². The topological polar surface area (TPSA) is 0 Å². The van der Waals surface area contributed by atoms with Crippen LogP contribution in [0.2, 0.25) is 0 Å². The molecule has 11 rings (SSSR count). The van der Waals surface area contributed by atoms with Crippen LogP contribution in [0.15, 0.2) is 121 Å². The Balaban J connectivity index is 1.25. The SMILES string of the molecule is Cc1cc2c3ccc4c(cc5c6ccc(-c7c(C)cccc7C)cc6c6cc(C)cc4c65)c3cc3c4ccc(-c5c(C)cccc5C)cc4c(c1)c23. The summed E-state index contributed by atoms with van der Waals surface area (Å²) in [6.07, 6.45) is 0. The molecule has 0 aliphatic heterocycles. The molecular weight excluding hydrogens is 625 g/mol. The molecule has 0 atom stereocenters. The standard InChI is InChI=1S/C52H38/c1-27-19-43-37-17-18-38-42(41(37)25-47-35-15-13-33(23-39(35)45(21-27)51(43)47)49-29(3)9-7-10-30(49)4)26-48-36-16-14-34(50-31(5)11-8-12-32(50)6)24-40(36)46-22-28(2)20-44(38)52(46)48/h7-26H,1-6H3. The van der Waals surface area contributed by atoms with Crippen LogP contribution in [0.4, 0.5) is 0 Å². The molecular formula is C52H38. The Bertz CT molecular complexity index is 3070. The van der Waals surface area contributed by atoms with Gasteiger partial charge in [0.25, 0.3) is 0 Å². The third kappa shape index (κ3) is 3.87. The summed E-state index contributed by atoms with van der Waals surface area (Å²) < 4.78 is 0. The van der Waals surface area contributed by atoms with E-state index in [1.165, 1.54) is 142 Å². The molecule has 0 aromatic heterocycles. The van der Waals surface area contributed by atoms with E-state index in [1.807, 2.05) is 0 Å². The number of hydrogen-bond donors (Lipinski definition) is 0. The zero-order chi connectivity index (χ0) is 35.2. The van der Waals surface area contributed by atoms with E-state index in [4.69, 9.17) is 0 Å². The minimum absolute atomic E-state index is 1.30. The monoisotopic (exact) mass is 662 g/mol. The molecule has 246 valence electrons. The van der Waals surface area contributed by atoms with Crippen LogP contribution in [-0.2, 0) is 0 Å². The van der Waals surface area contributed by atoms with Crippen LogP contribution in [0, 0.1) is 41.5 Å². The molecule has 0 N–H and O–H groups in total. The van der Waals surface area contributed by atoms with Gasteiger partial charge in [-0.3, -0.25) is 0 Å². The molecule has 0 aliphatic rings. The summed E-state index contributed by atoms with van der Waals surface area (Å²) in [5.74, 6) is 0. The summed E-state index contributed by atoms with van der Waals surface area (Å²) in [6.45, 7) is 13.4. The van der Waals surface area contributed by atoms with E-state index in [0.29, 0.717) is 0 Å². The second-order valence-electron chi connectivity index (χ2n) is 15.6. The molecule has 0 fully saturated rings. The first kappa shape index (κ1) is 29.7. The molecule has 0 radical (unpaired) electrons. The van der Waals surface area contributed by atoms with E-state index in [-0.39, 0.29) is 0 Å². The van der Waals surface area contributed by atoms with E-state index in [0.717, 1.165) is 0 Å². The zero-order valence-corrected chi connectivity index (χ0v) is 30.5. The molecule has 0 nitrogen and oxygen atoms in total. The Morgan fingerprint density at radius 1 is 0.250 bits per heavy atom. The highest BCUT2D eigenvalue weighted by molar-refractivity contribution is 6.40. The van der Waals surface area contributed by atoms with Crippen molar-refractivity contribution >= 4 is 86.2 Å². The Morgan fingerprint density at radius 2 is 0.538 bits per heavy atom. The molecule has 0 bridgehead atoms. The Kier molecular flexibility index (Phi) is 5.89. The fourth-order valence-electron chi connectivity index (χ4n) is 10.1. The average molecular weight is 663 g/mol. The van der Waals surface area contributed by atoms with Gasteiger partial charge in [-0.15, -0.1) is 0 Å². The van der Waals surface area contributed by atoms with E-state index < -0.39 is 0 Å². The molecule has 0 saturated carbocycles. The van der Waals surface area contributed by atoms with Gasteiger partial charge in [-0.05, 0) is 208 Å². The highest BCUT2D eigenvalue weighted by Gasteiger charge is 2.21. The molecule has 11 aromatic carbocycles. The molecule has 52 heavy (non-hydrogen) atoms. The molecule has 11 aromatic rings. The largest absolute Gasteiger partial charge is 0.0617 e. The maximum absolute atomic E-state index is 2.51. The molecule has 0 aliphatic carbocycles. The van der Waals surface area contributed by atoms with Crippen molar-refractivity contribution in [3.05, 3.63) is 155 Å². The molecule has 0 amide bonds. The molecule has 0 heterocycles. The fourth-order valence-corrected chi connectivity index (χ4v) is 10.1. The van der Waals surface area contributed by atoms with Gasteiger partial charge in [0.2, 0.25) is 0 Å². The lowest BCUT2D eigenvalue weighted by molar-refractivity contribution is 1.38. The zero-order valence-electron chi connectivity index (χ0n) is 30.5. The van der Waals surface area contributed by atoms with Crippen molar-refractivity contribution in [2.45, 2.75) is 41.5 Å². The molecule has 0 saturated heterocycles. The minimum Gasteiger partial charge on any atom is -0.0617 e. The van der Waals surface area contributed by atoms with Crippen molar-refractivity contribution in [1.29, 1.82) is 0 Å². The van der Waals surface area contributed by atoms with Crippen molar-refractivity contribution in [3.8, 4) is 22.3 Å². The molecule has 0 spiro atoms. The van der Waals surface area contributed by atoms with Gasteiger partial charge in [0.15, 0.2) is 0 Å². The number of aryl methyl sites for hydroxylation is 6.